The first-order valence-electron chi connectivity index (χ1n) is 3.77. The van der Waals surface area contributed by atoms with Crippen molar-refractivity contribution in [1.82, 2.24) is 4.98 Å². The Morgan fingerprint density at radius 3 is 2.77 bits per heavy atom. The first-order chi connectivity index (χ1) is 6.06. The van der Waals surface area contributed by atoms with E-state index < -0.39 is 11.5 Å². The molecule has 0 aliphatic rings. The molecule has 1 amide bonds. The van der Waals surface area contributed by atoms with E-state index >= 15 is 0 Å². The third kappa shape index (κ3) is 1.98. The SMILES string of the molecule is CCc1[nH]c(=O)c(C(N)=O)cc1Br. The Kier molecular flexibility index (Phi) is 2.87. The van der Waals surface area contributed by atoms with Crippen LogP contribution < -0.4 is 11.3 Å². The summed E-state index contributed by atoms with van der Waals surface area (Å²) in [6.45, 7) is 1.90. The molecule has 0 fully saturated rings. The van der Waals surface area contributed by atoms with Gasteiger partial charge in [0.1, 0.15) is 5.56 Å². The van der Waals surface area contributed by atoms with Crippen LogP contribution in [0.15, 0.2) is 15.3 Å². The maximum atomic E-state index is 11.2. The van der Waals surface area contributed by atoms with Crippen LogP contribution in [-0.4, -0.2) is 10.9 Å². The fraction of sp³-hybridized carbons (Fsp3) is 0.250. The largest absolute Gasteiger partial charge is 0.365 e. The molecule has 0 spiro atoms. The van der Waals surface area contributed by atoms with Gasteiger partial charge >= 0.3 is 0 Å². The second kappa shape index (κ2) is 3.74. The highest BCUT2D eigenvalue weighted by Crippen LogP contribution is 2.13. The summed E-state index contributed by atoms with van der Waals surface area (Å²) in [7, 11) is 0. The number of aromatic amines is 1. The summed E-state index contributed by atoms with van der Waals surface area (Å²) in [5.41, 5.74) is 5.29. The van der Waals surface area contributed by atoms with Gasteiger partial charge in [0.25, 0.3) is 11.5 Å². The fourth-order valence-electron chi connectivity index (χ4n) is 0.984. The van der Waals surface area contributed by atoms with Crippen molar-refractivity contribution in [3.63, 3.8) is 0 Å². The molecule has 0 saturated carbocycles. The van der Waals surface area contributed by atoms with E-state index in [-0.39, 0.29) is 5.56 Å². The van der Waals surface area contributed by atoms with Gasteiger partial charge in [-0.25, -0.2) is 0 Å². The molecule has 1 aromatic rings. The van der Waals surface area contributed by atoms with Crippen LogP contribution in [-0.2, 0) is 6.42 Å². The Morgan fingerprint density at radius 2 is 2.31 bits per heavy atom. The molecule has 1 rings (SSSR count). The summed E-state index contributed by atoms with van der Waals surface area (Å²) in [6.07, 6.45) is 0.689. The van der Waals surface area contributed by atoms with E-state index in [1.54, 1.807) is 0 Å². The summed E-state index contributed by atoms with van der Waals surface area (Å²) in [4.78, 5) is 24.5. The number of halogens is 1. The molecular weight excluding hydrogens is 236 g/mol. The lowest BCUT2D eigenvalue weighted by Gasteiger charge is -2.01. The van der Waals surface area contributed by atoms with E-state index in [0.29, 0.717) is 10.9 Å². The van der Waals surface area contributed by atoms with Gasteiger partial charge in [-0.15, -0.1) is 0 Å². The maximum Gasteiger partial charge on any atom is 0.261 e. The fourth-order valence-corrected chi connectivity index (χ4v) is 1.59. The van der Waals surface area contributed by atoms with Crippen molar-refractivity contribution >= 4 is 21.8 Å². The predicted octanol–water partition coefficient (Wildman–Crippen LogP) is 0.799. The third-order valence-corrected chi connectivity index (χ3v) is 2.39. The van der Waals surface area contributed by atoms with Crippen molar-refractivity contribution in [2.24, 2.45) is 5.73 Å². The minimum Gasteiger partial charge on any atom is -0.365 e. The molecule has 0 aromatic carbocycles. The zero-order valence-electron chi connectivity index (χ0n) is 7.06. The quantitative estimate of drug-likeness (QED) is 0.808. The molecule has 0 aliphatic heterocycles. The molecular formula is C8H9BrN2O2. The first-order valence-corrected chi connectivity index (χ1v) is 4.57. The maximum absolute atomic E-state index is 11.2. The lowest BCUT2D eigenvalue weighted by Crippen LogP contribution is -2.24. The number of H-pyrrole nitrogens is 1. The third-order valence-electron chi connectivity index (χ3n) is 1.69. The number of carbonyl (C=O) groups excluding carboxylic acids is 1. The van der Waals surface area contributed by atoms with Crippen molar-refractivity contribution in [2.75, 3.05) is 0 Å². The molecule has 0 radical (unpaired) electrons. The molecule has 0 bridgehead atoms. The zero-order valence-corrected chi connectivity index (χ0v) is 8.64. The van der Waals surface area contributed by atoms with Gasteiger partial charge in [-0.2, -0.15) is 0 Å². The van der Waals surface area contributed by atoms with Crippen molar-refractivity contribution in [3.05, 3.63) is 32.2 Å². The molecule has 4 nitrogen and oxygen atoms in total. The van der Waals surface area contributed by atoms with E-state index in [4.69, 9.17) is 5.73 Å². The molecule has 1 aromatic heterocycles. The summed E-state index contributed by atoms with van der Waals surface area (Å²) >= 11 is 3.23. The molecule has 13 heavy (non-hydrogen) atoms. The van der Waals surface area contributed by atoms with Crippen molar-refractivity contribution in [1.29, 1.82) is 0 Å². The normalized spacial score (nSPS) is 10.0. The number of rotatable bonds is 2. The number of nitrogens with two attached hydrogens (primary N) is 1. The van der Waals surface area contributed by atoms with Crippen LogP contribution in [0.25, 0.3) is 0 Å². The standard InChI is InChI=1S/C8H9BrN2O2/c1-2-6-5(9)3-4(7(10)12)8(13)11-6/h3H,2H2,1H3,(H2,10,12)(H,11,13). The van der Waals surface area contributed by atoms with Gasteiger partial charge in [0.2, 0.25) is 0 Å². The molecule has 1 heterocycles. The van der Waals surface area contributed by atoms with Crippen LogP contribution in [0, 0.1) is 0 Å². The van der Waals surface area contributed by atoms with Gasteiger partial charge in [-0.05, 0) is 28.4 Å². The number of carbonyl (C=O) groups is 1. The second-order valence-corrected chi connectivity index (χ2v) is 3.41. The van der Waals surface area contributed by atoms with Crippen LogP contribution >= 0.6 is 15.9 Å². The molecule has 3 N–H and O–H groups in total. The van der Waals surface area contributed by atoms with Crippen molar-refractivity contribution < 1.29 is 4.79 Å². The number of primary amides is 1. The van der Waals surface area contributed by atoms with Crippen molar-refractivity contribution in [3.8, 4) is 0 Å². The molecule has 70 valence electrons. The van der Waals surface area contributed by atoms with Crippen LogP contribution in [0.5, 0.6) is 0 Å². The average Bonchev–Trinajstić information content (AvgIpc) is 2.07. The number of aromatic nitrogens is 1. The van der Waals surface area contributed by atoms with Crippen LogP contribution in [0.2, 0.25) is 0 Å². The summed E-state index contributed by atoms with van der Waals surface area (Å²) < 4.78 is 0.698. The molecule has 0 aliphatic carbocycles. The summed E-state index contributed by atoms with van der Waals surface area (Å²) in [6, 6.07) is 1.44. The predicted molar refractivity (Wildman–Crippen MR) is 52.7 cm³/mol. The van der Waals surface area contributed by atoms with Gasteiger partial charge in [-0.1, -0.05) is 6.92 Å². The number of amides is 1. The highest BCUT2D eigenvalue weighted by Gasteiger charge is 2.09. The van der Waals surface area contributed by atoms with E-state index in [1.807, 2.05) is 6.92 Å². The van der Waals surface area contributed by atoms with Gasteiger partial charge in [0, 0.05) is 10.2 Å². The zero-order chi connectivity index (χ0) is 10.0. The smallest absolute Gasteiger partial charge is 0.261 e. The second-order valence-electron chi connectivity index (χ2n) is 2.56. The minimum absolute atomic E-state index is 0.0240. The lowest BCUT2D eigenvalue weighted by molar-refractivity contribution is 0.0999. The summed E-state index contributed by atoms with van der Waals surface area (Å²) in [5, 5.41) is 0. The van der Waals surface area contributed by atoms with E-state index in [1.165, 1.54) is 6.07 Å². The van der Waals surface area contributed by atoms with Gasteiger partial charge in [0.15, 0.2) is 0 Å². The number of nitrogens with one attached hydrogen (secondary N) is 1. The van der Waals surface area contributed by atoms with Gasteiger partial charge in [-0.3, -0.25) is 9.59 Å². The molecule has 0 unspecified atom stereocenters. The number of aryl methyl sites for hydroxylation is 1. The highest BCUT2D eigenvalue weighted by atomic mass is 79.9. The molecule has 0 saturated heterocycles. The first kappa shape index (κ1) is 9.98. The molecule has 5 heteroatoms. The number of hydrogen-bond donors (Lipinski definition) is 2. The Bertz CT molecular complexity index is 398. The van der Waals surface area contributed by atoms with Crippen LogP contribution in [0.1, 0.15) is 23.0 Å². The van der Waals surface area contributed by atoms with Crippen LogP contribution in [0.3, 0.4) is 0 Å². The summed E-state index contributed by atoms with van der Waals surface area (Å²) in [5.74, 6) is -0.718. The minimum atomic E-state index is -0.718. The van der Waals surface area contributed by atoms with E-state index in [9.17, 15) is 9.59 Å². The van der Waals surface area contributed by atoms with E-state index in [0.717, 1.165) is 5.69 Å². The number of hydrogen-bond acceptors (Lipinski definition) is 2. The van der Waals surface area contributed by atoms with Crippen molar-refractivity contribution in [2.45, 2.75) is 13.3 Å². The van der Waals surface area contributed by atoms with E-state index in [2.05, 4.69) is 20.9 Å². The Hall–Kier alpha value is -1.10. The topological polar surface area (TPSA) is 75.9 Å². The lowest BCUT2D eigenvalue weighted by atomic mass is 10.2. The highest BCUT2D eigenvalue weighted by molar-refractivity contribution is 9.10. The Morgan fingerprint density at radius 1 is 1.69 bits per heavy atom. The number of pyridine rings is 1. The average molecular weight is 245 g/mol. The Balaban J connectivity index is 3.37. The van der Waals surface area contributed by atoms with Crippen LogP contribution in [0.4, 0.5) is 0 Å². The Labute approximate surface area is 83.3 Å². The molecule has 0 atom stereocenters. The van der Waals surface area contributed by atoms with Gasteiger partial charge in [0.05, 0.1) is 0 Å². The van der Waals surface area contributed by atoms with Gasteiger partial charge < -0.3 is 10.7 Å². The monoisotopic (exact) mass is 244 g/mol.